The SMILES string of the molecule is Cc1ccc(N2CCN(CCO)CC2)cc1C(=O)N[C@H](C)c1cccc2ccccc12. The zero-order valence-corrected chi connectivity index (χ0v) is 18.3. The van der Waals surface area contributed by atoms with E-state index in [0.717, 1.165) is 55.1 Å². The van der Waals surface area contributed by atoms with Crippen LogP contribution in [0.5, 0.6) is 0 Å². The zero-order chi connectivity index (χ0) is 21.8. The van der Waals surface area contributed by atoms with Crippen LogP contribution in [-0.4, -0.2) is 55.2 Å². The molecule has 0 unspecified atom stereocenters. The number of fused-ring (bicyclic) bond motifs is 1. The van der Waals surface area contributed by atoms with Crippen molar-refractivity contribution in [2.24, 2.45) is 0 Å². The molecule has 2 N–H and O–H groups in total. The van der Waals surface area contributed by atoms with Gasteiger partial charge in [-0.05, 0) is 47.9 Å². The summed E-state index contributed by atoms with van der Waals surface area (Å²) in [7, 11) is 0. The topological polar surface area (TPSA) is 55.8 Å². The van der Waals surface area contributed by atoms with E-state index in [1.54, 1.807) is 0 Å². The number of aryl methyl sites for hydroxylation is 1. The van der Waals surface area contributed by atoms with Crippen molar-refractivity contribution < 1.29 is 9.90 Å². The van der Waals surface area contributed by atoms with Crippen molar-refractivity contribution in [3.05, 3.63) is 77.4 Å². The van der Waals surface area contributed by atoms with Crippen LogP contribution in [0.3, 0.4) is 0 Å². The van der Waals surface area contributed by atoms with Crippen LogP contribution >= 0.6 is 0 Å². The molecule has 162 valence electrons. The first-order valence-electron chi connectivity index (χ1n) is 11.0. The number of piperazine rings is 1. The second-order valence-corrected chi connectivity index (χ2v) is 8.32. The van der Waals surface area contributed by atoms with E-state index in [0.29, 0.717) is 0 Å². The Hall–Kier alpha value is -2.89. The van der Waals surface area contributed by atoms with Gasteiger partial charge in [-0.15, -0.1) is 0 Å². The maximum Gasteiger partial charge on any atom is 0.252 e. The molecule has 1 amide bonds. The van der Waals surface area contributed by atoms with Gasteiger partial charge in [-0.1, -0.05) is 48.5 Å². The van der Waals surface area contributed by atoms with Gasteiger partial charge in [-0.3, -0.25) is 9.69 Å². The molecule has 1 aliphatic rings. The van der Waals surface area contributed by atoms with Gasteiger partial charge < -0.3 is 15.3 Å². The Labute approximate surface area is 184 Å². The highest BCUT2D eigenvalue weighted by Gasteiger charge is 2.20. The van der Waals surface area contributed by atoms with Crippen LogP contribution in [-0.2, 0) is 0 Å². The van der Waals surface area contributed by atoms with Crippen LogP contribution in [0.15, 0.2) is 60.7 Å². The van der Waals surface area contributed by atoms with Crippen molar-refractivity contribution >= 4 is 22.4 Å². The number of β-amino-alcohol motifs (C(OH)–C–C–N with tert-alkyl or cyclic N) is 1. The summed E-state index contributed by atoms with van der Waals surface area (Å²) in [5, 5.41) is 14.7. The lowest BCUT2D eigenvalue weighted by Crippen LogP contribution is -2.47. The summed E-state index contributed by atoms with van der Waals surface area (Å²) < 4.78 is 0. The Morgan fingerprint density at radius 3 is 2.55 bits per heavy atom. The van der Waals surface area contributed by atoms with Crippen molar-refractivity contribution in [2.45, 2.75) is 19.9 Å². The molecule has 1 atom stereocenters. The summed E-state index contributed by atoms with van der Waals surface area (Å²) in [4.78, 5) is 17.8. The number of nitrogens with zero attached hydrogens (tertiary/aromatic N) is 2. The predicted octanol–water partition coefficient (Wildman–Crippen LogP) is 3.75. The lowest BCUT2D eigenvalue weighted by molar-refractivity contribution is 0.0939. The maximum absolute atomic E-state index is 13.2. The Morgan fingerprint density at radius 2 is 1.77 bits per heavy atom. The zero-order valence-electron chi connectivity index (χ0n) is 18.3. The third-order valence-corrected chi connectivity index (χ3v) is 6.26. The second-order valence-electron chi connectivity index (χ2n) is 8.32. The average molecular weight is 418 g/mol. The highest BCUT2D eigenvalue weighted by Crippen LogP contribution is 2.26. The van der Waals surface area contributed by atoms with E-state index in [4.69, 9.17) is 5.11 Å². The molecule has 0 bridgehead atoms. The molecule has 0 spiro atoms. The minimum Gasteiger partial charge on any atom is -0.395 e. The predicted molar refractivity (Wildman–Crippen MR) is 127 cm³/mol. The van der Waals surface area contributed by atoms with E-state index >= 15 is 0 Å². The number of amides is 1. The smallest absolute Gasteiger partial charge is 0.252 e. The van der Waals surface area contributed by atoms with Gasteiger partial charge in [-0.25, -0.2) is 0 Å². The monoisotopic (exact) mass is 417 g/mol. The number of hydrogen-bond acceptors (Lipinski definition) is 4. The largest absolute Gasteiger partial charge is 0.395 e. The molecular weight excluding hydrogens is 386 g/mol. The first-order valence-corrected chi connectivity index (χ1v) is 11.0. The third kappa shape index (κ3) is 4.73. The van der Waals surface area contributed by atoms with Crippen LogP contribution in [0.25, 0.3) is 10.8 Å². The number of aliphatic hydroxyl groups excluding tert-OH is 1. The molecule has 5 nitrogen and oxygen atoms in total. The molecule has 0 saturated carbocycles. The molecule has 1 saturated heterocycles. The summed E-state index contributed by atoms with van der Waals surface area (Å²) in [6.45, 7) is 8.60. The van der Waals surface area contributed by atoms with Crippen molar-refractivity contribution in [3.8, 4) is 0 Å². The van der Waals surface area contributed by atoms with Crippen molar-refractivity contribution in [2.75, 3.05) is 44.2 Å². The molecule has 1 aliphatic heterocycles. The number of rotatable bonds is 6. The van der Waals surface area contributed by atoms with E-state index in [1.807, 2.05) is 44.2 Å². The van der Waals surface area contributed by atoms with Crippen molar-refractivity contribution in [3.63, 3.8) is 0 Å². The van der Waals surface area contributed by atoms with Gasteiger partial charge in [0, 0.05) is 44.0 Å². The fourth-order valence-corrected chi connectivity index (χ4v) is 4.40. The number of carbonyl (C=O) groups excluding carboxylic acids is 1. The van der Waals surface area contributed by atoms with E-state index in [2.05, 4.69) is 45.4 Å². The average Bonchev–Trinajstić information content (AvgIpc) is 2.79. The Kier molecular flexibility index (Phi) is 6.54. The first kappa shape index (κ1) is 21.3. The van der Waals surface area contributed by atoms with Gasteiger partial charge in [-0.2, -0.15) is 0 Å². The number of anilines is 1. The standard InChI is InChI=1S/C26H31N3O2/c1-19-10-11-22(29-14-12-28(13-15-29)16-17-30)18-25(19)26(31)27-20(2)23-9-5-7-21-6-3-4-8-24(21)23/h3-11,18,20,30H,12-17H2,1-2H3,(H,27,31)/t20-/m1/s1. The van der Waals surface area contributed by atoms with Crippen LogP contribution in [0, 0.1) is 6.92 Å². The Bertz CT molecular complexity index is 1050. The first-order chi connectivity index (χ1) is 15.1. The summed E-state index contributed by atoms with van der Waals surface area (Å²) in [6, 6.07) is 20.6. The van der Waals surface area contributed by atoms with Crippen LogP contribution < -0.4 is 10.2 Å². The molecule has 4 rings (SSSR count). The number of aliphatic hydroxyl groups is 1. The van der Waals surface area contributed by atoms with Crippen LogP contribution in [0.2, 0.25) is 0 Å². The molecule has 5 heteroatoms. The van der Waals surface area contributed by atoms with Gasteiger partial charge in [0.1, 0.15) is 0 Å². The quantitative estimate of drug-likeness (QED) is 0.641. The van der Waals surface area contributed by atoms with E-state index < -0.39 is 0 Å². The molecule has 3 aromatic rings. The highest BCUT2D eigenvalue weighted by molar-refractivity contribution is 5.97. The summed E-state index contributed by atoms with van der Waals surface area (Å²) in [5.41, 5.74) is 3.91. The maximum atomic E-state index is 13.2. The van der Waals surface area contributed by atoms with Crippen LogP contribution in [0.4, 0.5) is 5.69 Å². The lowest BCUT2D eigenvalue weighted by atomic mass is 9.99. The van der Waals surface area contributed by atoms with Gasteiger partial charge >= 0.3 is 0 Å². The van der Waals surface area contributed by atoms with Crippen LogP contribution in [0.1, 0.15) is 34.5 Å². The molecule has 1 fully saturated rings. The Balaban J connectivity index is 1.50. The van der Waals surface area contributed by atoms with E-state index in [9.17, 15) is 4.79 Å². The minimum atomic E-state index is -0.0938. The lowest BCUT2D eigenvalue weighted by Gasteiger charge is -2.36. The Morgan fingerprint density at radius 1 is 1.03 bits per heavy atom. The van der Waals surface area contributed by atoms with Crippen molar-refractivity contribution in [1.82, 2.24) is 10.2 Å². The summed E-state index contributed by atoms with van der Waals surface area (Å²) in [5.74, 6) is -0.0429. The molecule has 31 heavy (non-hydrogen) atoms. The number of carbonyl (C=O) groups is 1. The summed E-state index contributed by atoms with van der Waals surface area (Å²) >= 11 is 0. The normalized spacial score (nSPS) is 15.8. The number of nitrogens with one attached hydrogen (secondary N) is 1. The molecule has 0 aromatic heterocycles. The van der Waals surface area contributed by atoms with Gasteiger partial charge in [0.15, 0.2) is 0 Å². The molecule has 1 heterocycles. The number of benzene rings is 3. The molecular formula is C26H31N3O2. The second kappa shape index (κ2) is 9.50. The molecule has 0 aliphatic carbocycles. The fourth-order valence-electron chi connectivity index (χ4n) is 4.40. The third-order valence-electron chi connectivity index (χ3n) is 6.26. The minimum absolute atomic E-state index is 0.0429. The summed E-state index contributed by atoms with van der Waals surface area (Å²) in [6.07, 6.45) is 0. The van der Waals surface area contributed by atoms with Gasteiger partial charge in [0.05, 0.1) is 12.6 Å². The number of hydrogen-bond donors (Lipinski definition) is 2. The van der Waals surface area contributed by atoms with Gasteiger partial charge in [0.25, 0.3) is 5.91 Å². The van der Waals surface area contributed by atoms with Crippen molar-refractivity contribution in [1.29, 1.82) is 0 Å². The van der Waals surface area contributed by atoms with E-state index in [-0.39, 0.29) is 18.6 Å². The molecule has 3 aromatic carbocycles. The van der Waals surface area contributed by atoms with Gasteiger partial charge in [0.2, 0.25) is 0 Å². The highest BCUT2D eigenvalue weighted by atomic mass is 16.3. The van der Waals surface area contributed by atoms with E-state index in [1.165, 1.54) is 10.8 Å². The fraction of sp³-hybridized carbons (Fsp3) is 0.346. The molecule has 0 radical (unpaired) electrons.